The van der Waals surface area contributed by atoms with Gasteiger partial charge in [0.05, 0.1) is 5.41 Å². The smallest absolute Gasteiger partial charge is 0.184 e. The van der Waals surface area contributed by atoms with Crippen LogP contribution in [0, 0.1) is 28.1 Å². The van der Waals surface area contributed by atoms with Crippen molar-refractivity contribution in [2.45, 2.75) is 94.4 Å². The Morgan fingerprint density at radius 1 is 0.909 bits per heavy atom. The minimum Gasteiger partial charge on any atom is -0.506 e. The van der Waals surface area contributed by atoms with E-state index in [0.29, 0.717) is 12.8 Å². The monoisotopic (exact) mass is 602 g/mol. The summed E-state index contributed by atoms with van der Waals surface area (Å²) >= 11 is 0. The molecule has 3 rings (SSSR count). The molecule has 0 saturated heterocycles. The second kappa shape index (κ2) is 12.7. The molecule has 2 bridgehead atoms. The molecule has 44 heavy (non-hydrogen) atoms. The van der Waals surface area contributed by atoms with Crippen molar-refractivity contribution in [3.63, 3.8) is 0 Å². The van der Waals surface area contributed by atoms with E-state index in [0.717, 1.165) is 28.4 Å². The highest BCUT2D eigenvalue weighted by molar-refractivity contribution is 6.41. The number of carbonyl (C=O) groups is 3. The molecule has 0 aromatic heterocycles. The van der Waals surface area contributed by atoms with E-state index in [9.17, 15) is 24.9 Å². The van der Waals surface area contributed by atoms with Crippen LogP contribution in [0.15, 0.2) is 70.9 Å². The summed E-state index contributed by atoms with van der Waals surface area (Å²) in [7, 11) is 0. The van der Waals surface area contributed by atoms with E-state index in [1.54, 1.807) is 0 Å². The van der Waals surface area contributed by atoms with E-state index < -0.39 is 50.6 Å². The summed E-state index contributed by atoms with van der Waals surface area (Å²) in [5, 5.41) is 31.7. The van der Waals surface area contributed by atoms with Gasteiger partial charge < -0.3 is 15.3 Å². The Kier molecular flexibility index (Phi) is 10.1. The minimum absolute atomic E-state index is 0.0110. The SMILES string of the molecule is C=C(C)C(CC=C(C)C)C[C@]12C[C@H](CC=C(C)C)C(C)(C)[C@](CC=C(C)C)(C(=O)/C(=C(/O)c3ccc(O)c(O)c3)C1=O)C2=O. The Morgan fingerprint density at radius 2 is 1.50 bits per heavy atom. The fourth-order valence-corrected chi connectivity index (χ4v) is 7.08. The van der Waals surface area contributed by atoms with Crippen LogP contribution in [0.25, 0.3) is 5.76 Å². The molecule has 2 saturated carbocycles. The van der Waals surface area contributed by atoms with Crippen LogP contribution >= 0.6 is 0 Å². The second-order valence-electron chi connectivity index (χ2n) is 14.3. The van der Waals surface area contributed by atoms with Gasteiger partial charge in [-0.1, -0.05) is 60.9 Å². The van der Waals surface area contributed by atoms with Crippen molar-refractivity contribution in [1.82, 2.24) is 0 Å². The van der Waals surface area contributed by atoms with Gasteiger partial charge in [-0.2, -0.15) is 0 Å². The average Bonchev–Trinajstić information content (AvgIpc) is 2.91. The molecule has 0 spiro atoms. The Labute approximate surface area is 263 Å². The Balaban J connectivity index is 2.47. The molecule has 1 aromatic carbocycles. The van der Waals surface area contributed by atoms with Crippen LogP contribution in [0.4, 0.5) is 0 Å². The first-order valence-electron chi connectivity index (χ1n) is 15.5. The van der Waals surface area contributed by atoms with Gasteiger partial charge in [0.25, 0.3) is 0 Å². The van der Waals surface area contributed by atoms with Crippen LogP contribution in [0.2, 0.25) is 0 Å². The third-order valence-electron chi connectivity index (χ3n) is 10.0. The maximum Gasteiger partial charge on any atom is 0.184 e. The zero-order chi connectivity index (χ0) is 33.4. The highest BCUT2D eigenvalue weighted by Gasteiger charge is 2.74. The number of carbonyl (C=O) groups excluding carboxylic acids is 3. The molecule has 1 unspecified atom stereocenters. The van der Waals surface area contributed by atoms with Crippen molar-refractivity contribution in [3.8, 4) is 11.5 Å². The lowest BCUT2D eigenvalue weighted by Gasteiger charge is -2.60. The van der Waals surface area contributed by atoms with E-state index in [1.807, 2.05) is 68.4 Å². The van der Waals surface area contributed by atoms with Crippen LogP contribution in [-0.2, 0) is 14.4 Å². The van der Waals surface area contributed by atoms with Crippen molar-refractivity contribution in [2.75, 3.05) is 0 Å². The van der Waals surface area contributed by atoms with Gasteiger partial charge >= 0.3 is 0 Å². The number of allylic oxidation sites excluding steroid dienone is 8. The van der Waals surface area contributed by atoms with Crippen molar-refractivity contribution >= 4 is 23.1 Å². The molecule has 2 aliphatic rings. The third-order valence-corrected chi connectivity index (χ3v) is 10.0. The highest BCUT2D eigenvalue weighted by atomic mass is 16.3. The number of benzene rings is 1. The first-order chi connectivity index (χ1) is 20.3. The first kappa shape index (κ1) is 34.8. The number of rotatable bonds is 10. The summed E-state index contributed by atoms with van der Waals surface area (Å²) < 4.78 is 0. The number of hydrogen-bond acceptors (Lipinski definition) is 6. The number of aliphatic hydroxyl groups excluding tert-OH is 1. The normalized spacial score (nSPS) is 26.0. The topological polar surface area (TPSA) is 112 Å². The Morgan fingerprint density at radius 3 is 2.02 bits per heavy atom. The molecular weight excluding hydrogens is 552 g/mol. The second-order valence-corrected chi connectivity index (χ2v) is 14.3. The summed E-state index contributed by atoms with van der Waals surface area (Å²) in [4.78, 5) is 44.9. The zero-order valence-electron chi connectivity index (χ0n) is 27.9. The van der Waals surface area contributed by atoms with Gasteiger partial charge in [0, 0.05) is 5.56 Å². The van der Waals surface area contributed by atoms with E-state index >= 15 is 4.79 Å². The molecular formula is C38H50O6. The number of fused-ring (bicyclic) bond motifs is 2. The minimum atomic E-state index is -1.62. The summed E-state index contributed by atoms with van der Waals surface area (Å²) in [6, 6.07) is 3.65. The number of aliphatic hydroxyl groups is 1. The van der Waals surface area contributed by atoms with Crippen LogP contribution < -0.4 is 0 Å². The standard InChI is InChI=1S/C38H50O6/c1-22(2)11-13-27(25(7)8)20-37-21-28(15-12-23(3)4)36(9,10)38(35(37)44,18-17-24(5)6)34(43)31(33(37)42)32(41)26-14-16-29(39)30(40)19-26/h11-12,14,16-17,19,27-28,39-41H,7,13,15,18,20-21H2,1-6,8-10H3/b32-31+/t27?,28-,37-,38+/m0/s1. The molecule has 6 nitrogen and oxygen atoms in total. The van der Waals surface area contributed by atoms with E-state index in [-0.39, 0.29) is 42.4 Å². The first-order valence-corrected chi connectivity index (χ1v) is 15.5. The van der Waals surface area contributed by atoms with Crippen LogP contribution in [0.1, 0.15) is 100.0 Å². The number of Topliss-reactive ketones (excluding diaryl/α,β-unsaturated/α-hetero) is 3. The molecule has 1 aromatic rings. The molecule has 0 radical (unpaired) electrons. The molecule has 238 valence electrons. The third kappa shape index (κ3) is 6.00. The molecule has 2 aliphatic carbocycles. The Bertz CT molecular complexity index is 1490. The lowest BCUT2D eigenvalue weighted by Crippen LogP contribution is -2.69. The number of phenols is 2. The van der Waals surface area contributed by atoms with Gasteiger partial charge in [0.1, 0.15) is 16.7 Å². The van der Waals surface area contributed by atoms with Crippen molar-refractivity contribution in [1.29, 1.82) is 0 Å². The van der Waals surface area contributed by atoms with E-state index in [4.69, 9.17) is 0 Å². The van der Waals surface area contributed by atoms with Gasteiger partial charge in [-0.25, -0.2) is 0 Å². The summed E-state index contributed by atoms with van der Waals surface area (Å²) in [6.45, 7) is 21.9. The van der Waals surface area contributed by atoms with E-state index in [1.165, 1.54) is 12.1 Å². The molecule has 0 heterocycles. The fourth-order valence-electron chi connectivity index (χ4n) is 7.08. The van der Waals surface area contributed by atoms with Crippen molar-refractivity contribution < 1.29 is 29.7 Å². The number of phenolic OH excluding ortho intramolecular Hbond substituents is 2. The van der Waals surface area contributed by atoms with Crippen LogP contribution in [-0.4, -0.2) is 32.7 Å². The highest BCUT2D eigenvalue weighted by Crippen LogP contribution is 2.66. The van der Waals surface area contributed by atoms with Gasteiger partial charge in [-0.05, 0) is 116 Å². The van der Waals surface area contributed by atoms with Gasteiger partial charge in [0.2, 0.25) is 0 Å². The molecule has 3 N–H and O–H groups in total. The lowest BCUT2D eigenvalue weighted by molar-refractivity contribution is -0.177. The quantitative estimate of drug-likeness (QED) is 0.0616. The van der Waals surface area contributed by atoms with Crippen molar-refractivity contribution in [3.05, 3.63) is 76.4 Å². The predicted octanol–water partition coefficient (Wildman–Crippen LogP) is 8.76. The number of ketones is 3. The predicted molar refractivity (Wildman–Crippen MR) is 176 cm³/mol. The molecule has 2 fully saturated rings. The molecule has 0 aliphatic heterocycles. The van der Waals surface area contributed by atoms with Gasteiger partial charge in [0.15, 0.2) is 28.8 Å². The maximum absolute atomic E-state index is 15.2. The summed E-state index contributed by atoms with van der Waals surface area (Å²) in [5.74, 6) is -3.61. The molecule has 0 amide bonds. The largest absolute Gasteiger partial charge is 0.506 e. The summed E-state index contributed by atoms with van der Waals surface area (Å²) in [5.41, 5.74) is -0.453. The summed E-state index contributed by atoms with van der Waals surface area (Å²) in [6.07, 6.45) is 7.79. The number of hydrogen-bond donors (Lipinski definition) is 3. The Hall–Kier alpha value is -3.67. The van der Waals surface area contributed by atoms with Gasteiger partial charge in [-0.3, -0.25) is 14.4 Å². The van der Waals surface area contributed by atoms with Crippen LogP contribution in [0.5, 0.6) is 11.5 Å². The van der Waals surface area contributed by atoms with Crippen LogP contribution in [0.3, 0.4) is 0 Å². The van der Waals surface area contributed by atoms with E-state index in [2.05, 4.69) is 18.7 Å². The molecule has 6 heteroatoms. The average molecular weight is 603 g/mol. The van der Waals surface area contributed by atoms with Crippen molar-refractivity contribution in [2.24, 2.45) is 28.1 Å². The number of aromatic hydroxyl groups is 2. The maximum atomic E-state index is 15.2. The van der Waals surface area contributed by atoms with Gasteiger partial charge in [-0.15, -0.1) is 0 Å². The lowest BCUT2D eigenvalue weighted by atomic mass is 9.38. The molecule has 4 atom stereocenters. The zero-order valence-corrected chi connectivity index (χ0v) is 27.9. The fraction of sp³-hybridized carbons (Fsp3) is 0.500.